The Kier molecular flexibility index (Phi) is 2.01. The SMILES string of the molecule is CC(C)OC12CC3CC(CC(N)(C3)C1)C2. The van der Waals surface area contributed by atoms with E-state index in [1.807, 2.05) is 0 Å². The van der Waals surface area contributed by atoms with Crippen LogP contribution in [0.3, 0.4) is 0 Å². The average Bonchev–Trinajstić information content (AvgIpc) is 1.94. The van der Waals surface area contributed by atoms with Crippen LogP contribution in [0.25, 0.3) is 0 Å². The second-order valence-corrected chi connectivity index (χ2v) is 6.67. The summed E-state index contributed by atoms with van der Waals surface area (Å²) in [5, 5.41) is 0. The van der Waals surface area contributed by atoms with Crippen LogP contribution < -0.4 is 5.73 Å². The fourth-order valence-electron chi connectivity index (χ4n) is 4.89. The van der Waals surface area contributed by atoms with Crippen LogP contribution in [0.1, 0.15) is 52.4 Å². The first-order valence-corrected chi connectivity index (χ1v) is 6.45. The second kappa shape index (κ2) is 2.98. The lowest BCUT2D eigenvalue weighted by molar-refractivity contribution is -0.186. The molecule has 0 aromatic heterocycles. The third-order valence-corrected chi connectivity index (χ3v) is 4.54. The van der Waals surface area contributed by atoms with Crippen molar-refractivity contribution in [1.29, 1.82) is 0 Å². The van der Waals surface area contributed by atoms with Crippen molar-refractivity contribution in [2.24, 2.45) is 17.6 Å². The molecule has 4 rings (SSSR count). The standard InChI is InChI=1S/C13H23NO/c1-9(2)15-13-6-10-3-11(7-13)5-12(14,4-10)8-13/h9-11H,3-8,14H2,1-2H3. The van der Waals surface area contributed by atoms with Crippen LogP contribution in [0.4, 0.5) is 0 Å². The van der Waals surface area contributed by atoms with Gasteiger partial charge in [-0.1, -0.05) is 0 Å². The maximum atomic E-state index is 6.50. The molecular formula is C13H23NO. The minimum absolute atomic E-state index is 0.124. The van der Waals surface area contributed by atoms with E-state index in [1.54, 1.807) is 0 Å². The molecule has 0 aliphatic heterocycles. The molecule has 0 spiro atoms. The van der Waals surface area contributed by atoms with Gasteiger partial charge in [-0.05, 0) is 64.2 Å². The van der Waals surface area contributed by atoms with Gasteiger partial charge in [-0.25, -0.2) is 0 Å². The summed E-state index contributed by atoms with van der Waals surface area (Å²) in [5.41, 5.74) is 6.79. The third kappa shape index (κ3) is 1.62. The van der Waals surface area contributed by atoms with Gasteiger partial charge in [-0.15, -0.1) is 0 Å². The van der Waals surface area contributed by atoms with E-state index in [-0.39, 0.29) is 11.1 Å². The van der Waals surface area contributed by atoms with Crippen LogP contribution in [-0.2, 0) is 4.74 Å². The monoisotopic (exact) mass is 209 g/mol. The summed E-state index contributed by atoms with van der Waals surface area (Å²) < 4.78 is 6.24. The molecule has 4 bridgehead atoms. The van der Waals surface area contributed by atoms with Crippen molar-refractivity contribution in [3.8, 4) is 0 Å². The Morgan fingerprint density at radius 3 is 2.20 bits per heavy atom. The molecule has 2 nitrogen and oxygen atoms in total. The highest BCUT2D eigenvalue weighted by Gasteiger charge is 2.57. The summed E-state index contributed by atoms with van der Waals surface area (Å²) in [5.74, 6) is 1.71. The van der Waals surface area contributed by atoms with Crippen molar-refractivity contribution in [3.63, 3.8) is 0 Å². The van der Waals surface area contributed by atoms with Crippen molar-refractivity contribution in [2.45, 2.75) is 69.6 Å². The molecule has 2 N–H and O–H groups in total. The predicted molar refractivity (Wildman–Crippen MR) is 60.6 cm³/mol. The van der Waals surface area contributed by atoms with E-state index in [0.717, 1.165) is 18.3 Å². The van der Waals surface area contributed by atoms with E-state index < -0.39 is 0 Å². The van der Waals surface area contributed by atoms with Gasteiger partial charge in [0.2, 0.25) is 0 Å². The predicted octanol–water partition coefficient (Wildman–Crippen LogP) is 2.46. The van der Waals surface area contributed by atoms with E-state index >= 15 is 0 Å². The fourth-order valence-corrected chi connectivity index (χ4v) is 4.89. The lowest BCUT2D eigenvalue weighted by Gasteiger charge is -2.60. The molecule has 0 heterocycles. The number of ether oxygens (including phenoxy) is 1. The molecule has 86 valence electrons. The Morgan fingerprint density at radius 2 is 1.73 bits per heavy atom. The molecule has 4 saturated carbocycles. The Hall–Kier alpha value is -0.0800. The molecular weight excluding hydrogens is 186 g/mol. The summed E-state index contributed by atoms with van der Waals surface area (Å²) in [6.07, 6.45) is 7.96. The molecule has 0 amide bonds. The van der Waals surface area contributed by atoms with Gasteiger partial charge in [-0.3, -0.25) is 0 Å². The molecule has 4 aliphatic carbocycles. The van der Waals surface area contributed by atoms with E-state index in [2.05, 4.69) is 13.8 Å². The van der Waals surface area contributed by atoms with Crippen molar-refractivity contribution >= 4 is 0 Å². The number of hydrogen-bond donors (Lipinski definition) is 1. The van der Waals surface area contributed by atoms with Gasteiger partial charge < -0.3 is 10.5 Å². The average molecular weight is 209 g/mol. The van der Waals surface area contributed by atoms with Crippen molar-refractivity contribution in [2.75, 3.05) is 0 Å². The van der Waals surface area contributed by atoms with Gasteiger partial charge >= 0.3 is 0 Å². The summed E-state index contributed by atoms with van der Waals surface area (Å²) in [6, 6.07) is 0. The summed E-state index contributed by atoms with van der Waals surface area (Å²) >= 11 is 0. The van der Waals surface area contributed by atoms with Gasteiger partial charge in [0, 0.05) is 5.54 Å². The zero-order valence-corrected chi connectivity index (χ0v) is 9.96. The molecule has 2 unspecified atom stereocenters. The largest absolute Gasteiger partial charge is 0.372 e. The van der Waals surface area contributed by atoms with Crippen LogP contribution in [-0.4, -0.2) is 17.2 Å². The van der Waals surface area contributed by atoms with E-state index in [1.165, 1.54) is 32.1 Å². The van der Waals surface area contributed by atoms with Crippen molar-refractivity contribution < 1.29 is 4.74 Å². The Morgan fingerprint density at radius 1 is 1.13 bits per heavy atom. The maximum Gasteiger partial charge on any atom is 0.0708 e. The molecule has 0 aromatic rings. The third-order valence-electron chi connectivity index (χ3n) is 4.54. The number of nitrogens with two attached hydrogens (primary N) is 1. The van der Waals surface area contributed by atoms with Crippen LogP contribution >= 0.6 is 0 Å². The summed E-state index contributed by atoms with van der Waals surface area (Å²) in [6.45, 7) is 4.31. The van der Waals surface area contributed by atoms with Gasteiger partial charge in [0.25, 0.3) is 0 Å². The van der Waals surface area contributed by atoms with Gasteiger partial charge in [0.1, 0.15) is 0 Å². The molecule has 0 aromatic carbocycles. The lowest BCUT2D eigenvalue weighted by Crippen LogP contribution is -2.64. The minimum atomic E-state index is 0.124. The Bertz CT molecular complexity index is 254. The molecule has 4 fully saturated rings. The maximum absolute atomic E-state index is 6.50. The van der Waals surface area contributed by atoms with Gasteiger partial charge in [0.05, 0.1) is 11.7 Å². The summed E-state index contributed by atoms with van der Waals surface area (Å²) in [7, 11) is 0. The zero-order chi connectivity index (χ0) is 10.7. The van der Waals surface area contributed by atoms with E-state index in [9.17, 15) is 0 Å². The van der Waals surface area contributed by atoms with Crippen molar-refractivity contribution in [1.82, 2.24) is 0 Å². The smallest absolute Gasteiger partial charge is 0.0708 e. The van der Waals surface area contributed by atoms with Crippen LogP contribution in [0, 0.1) is 11.8 Å². The van der Waals surface area contributed by atoms with E-state index in [4.69, 9.17) is 10.5 Å². The molecule has 2 heteroatoms. The zero-order valence-electron chi connectivity index (χ0n) is 9.96. The fraction of sp³-hybridized carbons (Fsp3) is 1.00. The minimum Gasteiger partial charge on any atom is -0.372 e. The summed E-state index contributed by atoms with van der Waals surface area (Å²) in [4.78, 5) is 0. The normalized spacial score (nSPS) is 52.8. The second-order valence-electron chi connectivity index (χ2n) is 6.67. The number of hydrogen-bond acceptors (Lipinski definition) is 2. The van der Waals surface area contributed by atoms with E-state index in [0.29, 0.717) is 6.10 Å². The molecule has 0 saturated heterocycles. The molecule has 15 heavy (non-hydrogen) atoms. The van der Waals surface area contributed by atoms with Crippen LogP contribution in [0.15, 0.2) is 0 Å². The highest BCUT2D eigenvalue weighted by Crippen LogP contribution is 2.58. The Labute approximate surface area is 92.6 Å². The molecule has 2 atom stereocenters. The highest BCUT2D eigenvalue weighted by molar-refractivity contribution is 5.12. The first kappa shape index (κ1) is 10.1. The lowest BCUT2D eigenvalue weighted by atomic mass is 9.51. The van der Waals surface area contributed by atoms with Gasteiger partial charge in [-0.2, -0.15) is 0 Å². The number of rotatable bonds is 2. The quantitative estimate of drug-likeness (QED) is 0.758. The van der Waals surface area contributed by atoms with Crippen LogP contribution in [0.5, 0.6) is 0 Å². The molecule has 0 radical (unpaired) electrons. The van der Waals surface area contributed by atoms with Crippen LogP contribution in [0.2, 0.25) is 0 Å². The Balaban J connectivity index is 1.86. The first-order chi connectivity index (χ1) is 6.99. The van der Waals surface area contributed by atoms with Gasteiger partial charge in [0.15, 0.2) is 0 Å². The molecule has 4 aliphatic rings. The topological polar surface area (TPSA) is 35.2 Å². The van der Waals surface area contributed by atoms with Crippen molar-refractivity contribution in [3.05, 3.63) is 0 Å². The highest BCUT2D eigenvalue weighted by atomic mass is 16.5. The first-order valence-electron chi connectivity index (χ1n) is 6.45.